The molecule has 2 aromatic heterocycles. The molecule has 1 aromatic carbocycles. The van der Waals surface area contributed by atoms with Gasteiger partial charge in [-0.05, 0) is 48.3 Å². The topological polar surface area (TPSA) is 103 Å². The minimum Gasteiger partial charge on any atom is -0.493 e. The summed E-state index contributed by atoms with van der Waals surface area (Å²) in [7, 11) is 2.99. The number of hydrogen-bond acceptors (Lipinski definition) is 7. The number of methoxy groups -OCH3 is 2. The first-order valence-electron chi connectivity index (χ1n) is 8.13. The number of nitrogens with one attached hydrogen (secondary N) is 1. The monoisotopic (exact) mass is 389 g/mol. The van der Waals surface area contributed by atoms with Crippen LogP contribution < -0.4 is 20.3 Å². The van der Waals surface area contributed by atoms with Crippen LogP contribution in [-0.4, -0.2) is 34.3 Å². The van der Waals surface area contributed by atoms with E-state index in [1.165, 1.54) is 14.2 Å². The quantitative estimate of drug-likeness (QED) is 0.694. The van der Waals surface area contributed by atoms with Crippen molar-refractivity contribution in [2.45, 2.75) is 19.6 Å². The minimum atomic E-state index is -0.546. The first kappa shape index (κ1) is 18.9. The van der Waals surface area contributed by atoms with Crippen molar-refractivity contribution in [2.75, 3.05) is 14.2 Å². The number of carbonyl (C=O) groups is 1. The fraction of sp³-hybridized carbons (Fsp3) is 0.278. The summed E-state index contributed by atoms with van der Waals surface area (Å²) in [5.74, 6) is 0.887. The van der Waals surface area contributed by atoms with Gasteiger partial charge in [0.25, 0.3) is 5.56 Å². The summed E-state index contributed by atoms with van der Waals surface area (Å²) < 4.78 is 11.6. The van der Waals surface area contributed by atoms with Gasteiger partial charge < -0.3 is 19.9 Å². The van der Waals surface area contributed by atoms with Gasteiger partial charge in [-0.2, -0.15) is 3.96 Å². The van der Waals surface area contributed by atoms with Gasteiger partial charge in [0.1, 0.15) is 4.83 Å². The number of benzene rings is 1. The Balaban J connectivity index is 1.90. The summed E-state index contributed by atoms with van der Waals surface area (Å²) in [5, 5.41) is 12.8. The molecule has 3 rings (SSSR count). The Bertz CT molecular complexity index is 1020. The minimum absolute atomic E-state index is 0.241. The molecule has 3 aromatic rings. The molecule has 0 aliphatic heterocycles. The van der Waals surface area contributed by atoms with Crippen molar-refractivity contribution in [2.24, 2.45) is 0 Å². The third-order valence-corrected chi connectivity index (χ3v) is 5.15. The average molecular weight is 389 g/mol. The summed E-state index contributed by atoms with van der Waals surface area (Å²) in [6, 6.07) is 5.75. The number of nitrogens with zero attached hydrogens (tertiary/aromatic N) is 2. The Morgan fingerprint density at radius 2 is 2.15 bits per heavy atom. The summed E-state index contributed by atoms with van der Waals surface area (Å²) in [4.78, 5) is 29.6. The van der Waals surface area contributed by atoms with Gasteiger partial charge in [-0.3, -0.25) is 4.79 Å². The molecular weight excluding hydrogens is 370 g/mol. The van der Waals surface area contributed by atoms with E-state index in [9.17, 15) is 14.7 Å². The van der Waals surface area contributed by atoms with Crippen LogP contribution in [0, 0.1) is 0 Å². The number of hydrogen-bond donors (Lipinski definition) is 2. The molecule has 0 spiro atoms. The SMILES string of the molecule is COc1cc([C@@H](C)NC(=O)n2sc3ncccc3c2=O)cc(CO)c1OC. The summed E-state index contributed by atoms with van der Waals surface area (Å²) in [6.07, 6.45) is 1.57. The van der Waals surface area contributed by atoms with Crippen LogP contribution in [0.5, 0.6) is 11.5 Å². The second-order valence-corrected chi connectivity index (χ2v) is 6.73. The molecule has 2 heterocycles. The average Bonchev–Trinajstić information content (AvgIpc) is 3.03. The van der Waals surface area contributed by atoms with Crippen LogP contribution in [-0.2, 0) is 6.61 Å². The number of carbonyl (C=O) groups excluding carboxylic acids is 1. The molecule has 0 unspecified atom stereocenters. The molecule has 0 saturated heterocycles. The number of aromatic nitrogens is 2. The fourth-order valence-corrected chi connectivity index (χ4v) is 3.61. The number of ether oxygens (including phenoxy) is 2. The highest BCUT2D eigenvalue weighted by Crippen LogP contribution is 2.34. The Morgan fingerprint density at radius 3 is 2.78 bits per heavy atom. The second kappa shape index (κ2) is 7.77. The zero-order chi connectivity index (χ0) is 19.6. The lowest BCUT2D eigenvalue weighted by molar-refractivity contribution is 0.241. The maximum absolute atomic E-state index is 12.6. The molecule has 0 aliphatic rings. The predicted octanol–water partition coefficient (Wildman–Crippen LogP) is 2.29. The van der Waals surface area contributed by atoms with Crippen molar-refractivity contribution in [1.29, 1.82) is 0 Å². The Labute approximate surface area is 159 Å². The molecule has 0 fully saturated rings. The molecule has 1 amide bonds. The maximum Gasteiger partial charge on any atom is 0.338 e. The molecule has 2 N–H and O–H groups in total. The number of pyridine rings is 1. The number of aliphatic hydroxyl groups is 1. The van der Waals surface area contributed by atoms with Gasteiger partial charge in [-0.1, -0.05) is 0 Å². The third-order valence-electron chi connectivity index (χ3n) is 4.14. The van der Waals surface area contributed by atoms with Gasteiger partial charge in [0.15, 0.2) is 11.5 Å². The van der Waals surface area contributed by atoms with Crippen LogP contribution in [0.15, 0.2) is 35.3 Å². The first-order chi connectivity index (χ1) is 13.0. The molecule has 9 heteroatoms. The molecule has 27 heavy (non-hydrogen) atoms. The van der Waals surface area contributed by atoms with Crippen molar-refractivity contribution in [3.63, 3.8) is 0 Å². The third kappa shape index (κ3) is 3.51. The van der Waals surface area contributed by atoms with E-state index in [-0.39, 0.29) is 6.61 Å². The van der Waals surface area contributed by atoms with Gasteiger partial charge in [0, 0.05) is 11.8 Å². The molecular formula is C18H19N3O5S. The molecule has 8 nitrogen and oxygen atoms in total. The van der Waals surface area contributed by atoms with E-state index in [1.807, 2.05) is 0 Å². The maximum atomic E-state index is 12.6. The normalized spacial score (nSPS) is 12.0. The van der Waals surface area contributed by atoms with Crippen molar-refractivity contribution in [3.8, 4) is 11.5 Å². The zero-order valence-electron chi connectivity index (χ0n) is 15.1. The molecule has 1 atom stereocenters. The van der Waals surface area contributed by atoms with Crippen LogP contribution in [0.1, 0.15) is 24.1 Å². The van der Waals surface area contributed by atoms with Crippen LogP contribution in [0.25, 0.3) is 10.2 Å². The Hall–Kier alpha value is -2.91. The van der Waals surface area contributed by atoms with E-state index in [0.29, 0.717) is 32.8 Å². The standard InChI is InChI=1S/C18H19N3O5S/c1-10(11-7-12(9-22)15(26-3)14(8-11)25-2)20-18(24)21-17(23)13-5-4-6-19-16(13)27-21/h4-8,10,22H,9H2,1-3H3,(H,20,24)/t10-/m1/s1. The van der Waals surface area contributed by atoms with Crippen molar-refractivity contribution >= 4 is 27.8 Å². The largest absolute Gasteiger partial charge is 0.493 e. The van der Waals surface area contributed by atoms with E-state index in [1.54, 1.807) is 37.4 Å². The molecule has 0 radical (unpaired) electrons. The van der Waals surface area contributed by atoms with Crippen LogP contribution in [0.3, 0.4) is 0 Å². The van der Waals surface area contributed by atoms with E-state index in [4.69, 9.17) is 9.47 Å². The van der Waals surface area contributed by atoms with Gasteiger partial charge >= 0.3 is 6.03 Å². The van der Waals surface area contributed by atoms with Crippen LogP contribution >= 0.6 is 11.5 Å². The van der Waals surface area contributed by atoms with E-state index < -0.39 is 17.6 Å². The lowest BCUT2D eigenvalue weighted by atomic mass is 10.0. The van der Waals surface area contributed by atoms with Crippen molar-refractivity contribution in [1.82, 2.24) is 14.3 Å². The highest BCUT2D eigenvalue weighted by atomic mass is 32.1. The smallest absolute Gasteiger partial charge is 0.338 e. The fourth-order valence-electron chi connectivity index (χ4n) is 2.76. The highest BCUT2D eigenvalue weighted by Gasteiger charge is 2.19. The predicted molar refractivity (Wildman–Crippen MR) is 102 cm³/mol. The van der Waals surface area contributed by atoms with Gasteiger partial charge in [0.2, 0.25) is 0 Å². The van der Waals surface area contributed by atoms with Gasteiger partial charge in [-0.25, -0.2) is 9.78 Å². The van der Waals surface area contributed by atoms with Gasteiger partial charge in [0.05, 0.1) is 32.3 Å². The lowest BCUT2D eigenvalue weighted by Crippen LogP contribution is -2.34. The van der Waals surface area contributed by atoms with Gasteiger partial charge in [-0.15, -0.1) is 0 Å². The first-order valence-corrected chi connectivity index (χ1v) is 8.91. The van der Waals surface area contributed by atoms with Crippen LogP contribution in [0.4, 0.5) is 4.79 Å². The molecule has 0 aliphatic carbocycles. The van der Waals surface area contributed by atoms with Crippen molar-refractivity contribution < 1.29 is 19.4 Å². The zero-order valence-corrected chi connectivity index (χ0v) is 15.9. The summed E-state index contributed by atoms with van der Waals surface area (Å²) in [5.41, 5.74) is 0.838. The number of amides is 1. The highest BCUT2D eigenvalue weighted by molar-refractivity contribution is 7.14. The van der Waals surface area contributed by atoms with Crippen LogP contribution in [0.2, 0.25) is 0 Å². The second-order valence-electron chi connectivity index (χ2n) is 5.79. The summed E-state index contributed by atoms with van der Waals surface area (Å²) in [6.45, 7) is 1.53. The molecule has 0 saturated carbocycles. The Kier molecular flexibility index (Phi) is 5.43. The lowest BCUT2D eigenvalue weighted by Gasteiger charge is -2.18. The number of rotatable bonds is 5. The number of aliphatic hydroxyl groups excluding tert-OH is 1. The number of fused-ring (bicyclic) bond motifs is 1. The van der Waals surface area contributed by atoms with E-state index in [0.717, 1.165) is 15.5 Å². The van der Waals surface area contributed by atoms with E-state index >= 15 is 0 Å². The molecule has 0 bridgehead atoms. The summed E-state index contributed by atoms with van der Waals surface area (Å²) >= 11 is 0.987. The van der Waals surface area contributed by atoms with E-state index in [2.05, 4.69) is 10.3 Å². The van der Waals surface area contributed by atoms with Crippen molar-refractivity contribution in [3.05, 3.63) is 51.9 Å². The Morgan fingerprint density at radius 1 is 1.37 bits per heavy atom. The molecule has 142 valence electrons.